The molecule has 2 N–H and O–H groups in total. The van der Waals surface area contributed by atoms with Gasteiger partial charge < -0.3 is 10.2 Å². The molecule has 0 heterocycles. The molecule has 2 atom stereocenters. The van der Waals surface area contributed by atoms with Gasteiger partial charge in [0.2, 0.25) is 0 Å². The molecular formula is C10H16O3. The van der Waals surface area contributed by atoms with Gasteiger partial charge in [0, 0.05) is 6.42 Å². The smallest absolute Gasteiger partial charge is 0.158 e. The van der Waals surface area contributed by atoms with Crippen LogP contribution in [0, 0.1) is 5.41 Å². The average Bonchev–Trinajstić information content (AvgIpc) is 1.94. The van der Waals surface area contributed by atoms with E-state index in [1.165, 1.54) is 6.08 Å². The van der Waals surface area contributed by atoms with E-state index in [9.17, 15) is 15.0 Å². The SMILES string of the molecule is CC(C)(C)C1=CC(=O)C[C@H](O)[C@@H]1O. The second-order valence-electron chi connectivity index (χ2n) is 4.53. The van der Waals surface area contributed by atoms with E-state index in [-0.39, 0.29) is 17.6 Å². The van der Waals surface area contributed by atoms with Crippen molar-refractivity contribution in [3.63, 3.8) is 0 Å². The Hall–Kier alpha value is -0.670. The van der Waals surface area contributed by atoms with Crippen LogP contribution in [0.25, 0.3) is 0 Å². The highest BCUT2D eigenvalue weighted by Crippen LogP contribution is 2.32. The lowest BCUT2D eigenvalue weighted by atomic mass is 9.77. The predicted octanol–water partition coefficient (Wildman–Crippen LogP) is 0.653. The summed E-state index contributed by atoms with van der Waals surface area (Å²) in [7, 11) is 0. The van der Waals surface area contributed by atoms with E-state index in [1.54, 1.807) is 0 Å². The number of carbonyl (C=O) groups excluding carboxylic acids is 1. The lowest BCUT2D eigenvalue weighted by Gasteiger charge is -2.32. The molecule has 0 saturated heterocycles. The van der Waals surface area contributed by atoms with Crippen molar-refractivity contribution < 1.29 is 15.0 Å². The molecule has 0 saturated carbocycles. The molecule has 13 heavy (non-hydrogen) atoms. The lowest BCUT2D eigenvalue weighted by molar-refractivity contribution is -0.119. The van der Waals surface area contributed by atoms with Gasteiger partial charge in [-0.2, -0.15) is 0 Å². The first-order valence-electron chi connectivity index (χ1n) is 4.43. The van der Waals surface area contributed by atoms with Crippen LogP contribution < -0.4 is 0 Å². The first-order valence-corrected chi connectivity index (χ1v) is 4.43. The summed E-state index contributed by atoms with van der Waals surface area (Å²) in [6, 6.07) is 0. The summed E-state index contributed by atoms with van der Waals surface area (Å²) >= 11 is 0. The predicted molar refractivity (Wildman–Crippen MR) is 49.2 cm³/mol. The van der Waals surface area contributed by atoms with Gasteiger partial charge in [-0.3, -0.25) is 4.79 Å². The second-order valence-corrected chi connectivity index (χ2v) is 4.53. The highest BCUT2D eigenvalue weighted by molar-refractivity contribution is 5.92. The fourth-order valence-corrected chi connectivity index (χ4v) is 1.50. The molecule has 1 rings (SSSR count). The molecule has 1 aliphatic rings. The van der Waals surface area contributed by atoms with E-state index in [1.807, 2.05) is 20.8 Å². The third-order valence-corrected chi connectivity index (χ3v) is 2.28. The van der Waals surface area contributed by atoms with Crippen molar-refractivity contribution in [2.75, 3.05) is 0 Å². The summed E-state index contributed by atoms with van der Waals surface area (Å²) in [6.45, 7) is 5.73. The maximum atomic E-state index is 11.1. The third-order valence-electron chi connectivity index (χ3n) is 2.28. The molecule has 0 aromatic carbocycles. The van der Waals surface area contributed by atoms with Crippen molar-refractivity contribution >= 4 is 5.78 Å². The molecule has 0 spiro atoms. The number of aliphatic hydroxyl groups is 2. The van der Waals surface area contributed by atoms with Crippen molar-refractivity contribution in [1.29, 1.82) is 0 Å². The van der Waals surface area contributed by atoms with Crippen LogP contribution in [0.2, 0.25) is 0 Å². The van der Waals surface area contributed by atoms with Gasteiger partial charge in [0.1, 0.15) is 6.10 Å². The Labute approximate surface area is 78.1 Å². The summed E-state index contributed by atoms with van der Waals surface area (Å²) in [6.07, 6.45) is -0.345. The summed E-state index contributed by atoms with van der Waals surface area (Å²) in [5.74, 6) is -0.109. The summed E-state index contributed by atoms with van der Waals surface area (Å²) in [5.41, 5.74) is 0.354. The van der Waals surface area contributed by atoms with Gasteiger partial charge in [0.05, 0.1) is 6.10 Å². The second kappa shape index (κ2) is 3.24. The summed E-state index contributed by atoms with van der Waals surface area (Å²) in [5, 5.41) is 19.0. The first kappa shape index (κ1) is 10.4. The van der Waals surface area contributed by atoms with Crippen LogP contribution in [-0.4, -0.2) is 28.2 Å². The fourth-order valence-electron chi connectivity index (χ4n) is 1.50. The topological polar surface area (TPSA) is 57.5 Å². The van der Waals surface area contributed by atoms with Crippen molar-refractivity contribution in [3.8, 4) is 0 Å². The van der Waals surface area contributed by atoms with E-state index >= 15 is 0 Å². The highest BCUT2D eigenvalue weighted by Gasteiger charge is 2.33. The number of rotatable bonds is 0. The monoisotopic (exact) mass is 184 g/mol. The maximum absolute atomic E-state index is 11.1. The van der Waals surface area contributed by atoms with Gasteiger partial charge in [0.15, 0.2) is 5.78 Å². The number of hydrogen-bond donors (Lipinski definition) is 2. The average molecular weight is 184 g/mol. The number of hydrogen-bond acceptors (Lipinski definition) is 3. The highest BCUT2D eigenvalue weighted by atomic mass is 16.3. The Kier molecular flexibility index (Phi) is 2.59. The Morgan fingerprint density at radius 2 is 1.92 bits per heavy atom. The first-order chi connectivity index (χ1) is 5.82. The minimum absolute atomic E-state index is 0.0285. The van der Waals surface area contributed by atoms with Crippen LogP contribution in [0.5, 0.6) is 0 Å². The van der Waals surface area contributed by atoms with Gasteiger partial charge in [-0.05, 0) is 17.1 Å². The van der Waals surface area contributed by atoms with Gasteiger partial charge in [0.25, 0.3) is 0 Å². The van der Waals surface area contributed by atoms with Crippen molar-refractivity contribution in [2.45, 2.75) is 39.4 Å². The number of ketones is 1. The van der Waals surface area contributed by atoms with Gasteiger partial charge in [-0.1, -0.05) is 20.8 Å². The zero-order valence-electron chi connectivity index (χ0n) is 8.24. The van der Waals surface area contributed by atoms with E-state index < -0.39 is 12.2 Å². The molecule has 0 radical (unpaired) electrons. The Balaban J connectivity index is 3.00. The molecule has 0 amide bonds. The zero-order valence-corrected chi connectivity index (χ0v) is 8.24. The number of allylic oxidation sites excluding steroid dienone is 1. The van der Waals surface area contributed by atoms with Crippen molar-refractivity contribution in [3.05, 3.63) is 11.6 Å². The molecule has 74 valence electrons. The third kappa shape index (κ3) is 2.17. The van der Waals surface area contributed by atoms with E-state index in [4.69, 9.17) is 0 Å². The number of aliphatic hydroxyl groups excluding tert-OH is 2. The zero-order chi connectivity index (χ0) is 10.2. The Morgan fingerprint density at radius 1 is 1.38 bits per heavy atom. The minimum atomic E-state index is -0.938. The molecule has 0 fully saturated rings. The molecule has 0 aromatic rings. The van der Waals surface area contributed by atoms with Gasteiger partial charge in [-0.25, -0.2) is 0 Å². The van der Waals surface area contributed by atoms with Crippen LogP contribution >= 0.6 is 0 Å². The Bertz CT molecular complexity index is 247. The number of carbonyl (C=O) groups is 1. The summed E-state index contributed by atoms with van der Waals surface area (Å²) < 4.78 is 0. The fraction of sp³-hybridized carbons (Fsp3) is 0.700. The molecule has 0 aromatic heterocycles. The van der Waals surface area contributed by atoms with Crippen LogP contribution in [0.4, 0.5) is 0 Å². The molecule has 1 aliphatic carbocycles. The van der Waals surface area contributed by atoms with Crippen LogP contribution in [0.15, 0.2) is 11.6 Å². The molecule has 0 bridgehead atoms. The van der Waals surface area contributed by atoms with Crippen molar-refractivity contribution in [1.82, 2.24) is 0 Å². The quantitative estimate of drug-likeness (QED) is 0.581. The standard InChI is InChI=1S/C10H16O3/c1-10(2,3)7-4-6(11)5-8(12)9(7)13/h4,8-9,12-13H,5H2,1-3H3/t8-,9+/m0/s1. The molecule has 0 unspecified atom stereocenters. The van der Waals surface area contributed by atoms with Crippen molar-refractivity contribution in [2.24, 2.45) is 5.41 Å². The molecule has 3 nitrogen and oxygen atoms in total. The van der Waals surface area contributed by atoms with E-state index in [2.05, 4.69) is 0 Å². The maximum Gasteiger partial charge on any atom is 0.158 e. The molecule has 0 aliphatic heterocycles. The van der Waals surface area contributed by atoms with Gasteiger partial charge >= 0.3 is 0 Å². The largest absolute Gasteiger partial charge is 0.390 e. The van der Waals surface area contributed by atoms with E-state index in [0.29, 0.717) is 5.57 Å². The lowest BCUT2D eigenvalue weighted by Crippen LogP contribution is -2.38. The van der Waals surface area contributed by atoms with Crippen LogP contribution in [0.3, 0.4) is 0 Å². The van der Waals surface area contributed by atoms with Gasteiger partial charge in [-0.15, -0.1) is 0 Å². The minimum Gasteiger partial charge on any atom is -0.390 e. The molecular weight excluding hydrogens is 168 g/mol. The Morgan fingerprint density at radius 3 is 2.38 bits per heavy atom. The van der Waals surface area contributed by atoms with Crippen LogP contribution in [-0.2, 0) is 4.79 Å². The molecule has 3 heteroatoms. The summed E-state index contributed by atoms with van der Waals surface area (Å²) in [4.78, 5) is 11.1. The normalized spacial score (nSPS) is 30.2. The van der Waals surface area contributed by atoms with Crippen LogP contribution in [0.1, 0.15) is 27.2 Å². The van der Waals surface area contributed by atoms with E-state index in [0.717, 1.165) is 0 Å².